The van der Waals surface area contributed by atoms with Crippen LogP contribution in [-0.2, 0) is 0 Å². The van der Waals surface area contributed by atoms with E-state index in [4.69, 9.17) is 0 Å². The summed E-state index contributed by atoms with van der Waals surface area (Å²) in [7, 11) is 0. The molecular formula is C16H25N. The Morgan fingerprint density at radius 3 is 1.88 bits per heavy atom. The molecule has 0 radical (unpaired) electrons. The normalized spacial score (nSPS) is 62.8. The van der Waals surface area contributed by atoms with Gasteiger partial charge in [0.2, 0.25) is 0 Å². The monoisotopic (exact) mass is 231 g/mol. The molecule has 0 aromatic carbocycles. The van der Waals surface area contributed by atoms with Gasteiger partial charge in [-0.15, -0.1) is 0 Å². The third kappa shape index (κ3) is 1.41. The number of hydrogen-bond acceptors (Lipinski definition) is 1. The molecule has 17 heavy (non-hydrogen) atoms. The lowest BCUT2D eigenvalue weighted by Crippen LogP contribution is -2.56. The highest BCUT2D eigenvalue weighted by molar-refractivity contribution is 5.06. The highest BCUT2D eigenvalue weighted by atomic mass is 15.0. The van der Waals surface area contributed by atoms with Gasteiger partial charge in [-0.25, -0.2) is 0 Å². The lowest BCUT2D eigenvalue weighted by atomic mass is 9.54. The number of rotatable bonds is 2. The van der Waals surface area contributed by atoms with Gasteiger partial charge >= 0.3 is 0 Å². The molecule has 6 aliphatic carbocycles. The fourth-order valence-electron chi connectivity index (χ4n) is 6.35. The summed E-state index contributed by atoms with van der Waals surface area (Å²) in [6.45, 7) is 0. The summed E-state index contributed by atoms with van der Waals surface area (Å²) >= 11 is 0. The van der Waals surface area contributed by atoms with Crippen LogP contribution in [0.25, 0.3) is 0 Å². The van der Waals surface area contributed by atoms with Crippen molar-refractivity contribution in [3.8, 4) is 0 Å². The van der Waals surface area contributed by atoms with Crippen LogP contribution in [0.1, 0.15) is 51.4 Å². The quantitative estimate of drug-likeness (QED) is 0.769. The third-order valence-electron chi connectivity index (χ3n) is 6.98. The Hall–Kier alpha value is -0.0400. The van der Waals surface area contributed by atoms with Crippen molar-refractivity contribution in [1.29, 1.82) is 0 Å². The number of hydrogen-bond donors (Lipinski definition) is 1. The SMILES string of the molecule is C1C2CC3CC1CC(C2)C3NC1CC[C@H]2C[C@@H]12. The first-order valence-electron chi connectivity index (χ1n) is 8.13. The van der Waals surface area contributed by atoms with Crippen molar-refractivity contribution < 1.29 is 0 Å². The van der Waals surface area contributed by atoms with E-state index in [-0.39, 0.29) is 0 Å². The second-order valence-electron chi connectivity index (χ2n) is 7.97. The molecular weight excluding hydrogens is 206 g/mol. The van der Waals surface area contributed by atoms with Crippen molar-refractivity contribution >= 4 is 0 Å². The van der Waals surface area contributed by atoms with Crippen LogP contribution in [0, 0.1) is 35.5 Å². The maximum atomic E-state index is 4.15. The van der Waals surface area contributed by atoms with Crippen molar-refractivity contribution in [2.24, 2.45) is 35.5 Å². The Labute approximate surface area is 105 Å². The van der Waals surface area contributed by atoms with Crippen molar-refractivity contribution in [2.45, 2.75) is 63.5 Å². The van der Waals surface area contributed by atoms with Crippen molar-refractivity contribution in [1.82, 2.24) is 5.32 Å². The van der Waals surface area contributed by atoms with E-state index in [0.717, 1.165) is 47.6 Å². The largest absolute Gasteiger partial charge is 0.310 e. The van der Waals surface area contributed by atoms with Crippen molar-refractivity contribution in [3.05, 3.63) is 0 Å². The van der Waals surface area contributed by atoms with Gasteiger partial charge in [0.15, 0.2) is 0 Å². The molecule has 6 fully saturated rings. The van der Waals surface area contributed by atoms with Gasteiger partial charge in [0.1, 0.15) is 0 Å². The minimum Gasteiger partial charge on any atom is -0.310 e. The van der Waals surface area contributed by atoms with Gasteiger partial charge in [-0.05, 0) is 86.9 Å². The predicted octanol–water partition coefficient (Wildman–Crippen LogP) is 3.20. The second-order valence-corrected chi connectivity index (χ2v) is 7.97. The molecule has 94 valence electrons. The molecule has 3 atom stereocenters. The standard InChI is InChI=1S/C16H25N/c1-2-15(14-8-11(1)14)17-16-12-4-9-3-10(6-12)7-13(16)5-9/h9-17H,1-8H2/t9?,10?,11-,12?,13?,14+,15?,16?/m0/s1. The molecule has 6 rings (SSSR count). The molecule has 0 spiro atoms. The summed E-state index contributed by atoms with van der Waals surface area (Å²) < 4.78 is 0. The van der Waals surface area contributed by atoms with Crippen LogP contribution in [-0.4, -0.2) is 12.1 Å². The Bertz CT molecular complexity index is 308. The summed E-state index contributed by atoms with van der Waals surface area (Å²) in [5, 5.41) is 4.15. The van der Waals surface area contributed by atoms with Crippen molar-refractivity contribution in [2.75, 3.05) is 0 Å². The fourth-order valence-corrected chi connectivity index (χ4v) is 6.35. The first-order valence-corrected chi connectivity index (χ1v) is 8.13. The van der Waals surface area contributed by atoms with Gasteiger partial charge in [0.25, 0.3) is 0 Å². The first-order chi connectivity index (χ1) is 8.37. The Kier molecular flexibility index (Phi) is 1.90. The van der Waals surface area contributed by atoms with Crippen LogP contribution in [0.15, 0.2) is 0 Å². The summed E-state index contributed by atoms with van der Waals surface area (Å²) in [5.74, 6) is 6.66. The lowest BCUT2D eigenvalue weighted by Gasteiger charge is -2.55. The summed E-state index contributed by atoms with van der Waals surface area (Å²) in [5.41, 5.74) is 0. The van der Waals surface area contributed by atoms with Gasteiger partial charge in [0, 0.05) is 12.1 Å². The van der Waals surface area contributed by atoms with Gasteiger partial charge in [0.05, 0.1) is 0 Å². The first kappa shape index (κ1) is 9.83. The minimum atomic E-state index is 0.933. The van der Waals surface area contributed by atoms with Gasteiger partial charge < -0.3 is 5.32 Å². The Morgan fingerprint density at radius 2 is 1.35 bits per heavy atom. The summed E-state index contributed by atoms with van der Waals surface area (Å²) in [6, 6.07) is 1.87. The fraction of sp³-hybridized carbons (Fsp3) is 1.00. The molecule has 0 aliphatic heterocycles. The molecule has 0 saturated heterocycles. The lowest BCUT2D eigenvalue weighted by molar-refractivity contribution is -0.0183. The molecule has 6 aliphatic rings. The Balaban J connectivity index is 1.34. The molecule has 0 amide bonds. The van der Waals surface area contributed by atoms with E-state index in [9.17, 15) is 0 Å². The minimum absolute atomic E-state index is 0.933. The van der Waals surface area contributed by atoms with Crippen LogP contribution in [0.4, 0.5) is 0 Å². The van der Waals surface area contributed by atoms with E-state index >= 15 is 0 Å². The second kappa shape index (κ2) is 3.29. The van der Waals surface area contributed by atoms with Gasteiger partial charge in [-0.1, -0.05) is 0 Å². The molecule has 4 bridgehead atoms. The molecule has 6 saturated carbocycles. The predicted molar refractivity (Wildman–Crippen MR) is 68.6 cm³/mol. The molecule has 1 nitrogen and oxygen atoms in total. The molecule has 0 aromatic heterocycles. The molecule has 1 unspecified atom stereocenters. The zero-order valence-electron chi connectivity index (χ0n) is 10.8. The molecule has 0 aromatic rings. The Morgan fingerprint density at radius 1 is 0.647 bits per heavy atom. The van der Waals surface area contributed by atoms with Crippen molar-refractivity contribution in [3.63, 3.8) is 0 Å². The maximum absolute atomic E-state index is 4.15. The van der Waals surface area contributed by atoms with E-state index in [1.54, 1.807) is 38.5 Å². The molecule has 1 N–H and O–H groups in total. The summed E-state index contributed by atoms with van der Waals surface area (Å²) in [4.78, 5) is 0. The highest BCUT2D eigenvalue weighted by Gasteiger charge is 2.52. The molecule has 1 heteroatoms. The zero-order valence-corrected chi connectivity index (χ0v) is 10.8. The molecule has 0 heterocycles. The number of nitrogens with one attached hydrogen (secondary N) is 1. The van der Waals surface area contributed by atoms with Crippen LogP contribution < -0.4 is 5.32 Å². The summed E-state index contributed by atoms with van der Waals surface area (Å²) in [6.07, 6.45) is 12.5. The van der Waals surface area contributed by atoms with Gasteiger partial charge in [-0.2, -0.15) is 0 Å². The topological polar surface area (TPSA) is 12.0 Å². The third-order valence-corrected chi connectivity index (χ3v) is 6.98. The number of fused-ring (bicyclic) bond motifs is 1. The van der Waals surface area contributed by atoms with Crippen LogP contribution in [0.3, 0.4) is 0 Å². The average molecular weight is 231 g/mol. The smallest absolute Gasteiger partial charge is 0.0127 e. The van der Waals surface area contributed by atoms with E-state index in [0.29, 0.717) is 0 Å². The average Bonchev–Trinajstić information content (AvgIpc) is 2.98. The van der Waals surface area contributed by atoms with Gasteiger partial charge in [-0.3, -0.25) is 0 Å². The zero-order chi connectivity index (χ0) is 11.0. The van der Waals surface area contributed by atoms with E-state index < -0.39 is 0 Å². The van der Waals surface area contributed by atoms with E-state index in [2.05, 4.69) is 5.32 Å². The maximum Gasteiger partial charge on any atom is 0.0127 e. The van der Waals surface area contributed by atoms with E-state index in [1.165, 1.54) is 12.8 Å². The van der Waals surface area contributed by atoms with Crippen LogP contribution in [0.5, 0.6) is 0 Å². The highest BCUT2D eigenvalue weighted by Crippen LogP contribution is 2.56. The van der Waals surface area contributed by atoms with Crippen LogP contribution >= 0.6 is 0 Å². The van der Waals surface area contributed by atoms with E-state index in [1.807, 2.05) is 0 Å². The van der Waals surface area contributed by atoms with Crippen LogP contribution in [0.2, 0.25) is 0 Å².